The van der Waals surface area contributed by atoms with Crippen molar-refractivity contribution in [2.75, 3.05) is 26.2 Å². The van der Waals surface area contributed by atoms with Gasteiger partial charge in [-0.2, -0.15) is 0 Å². The molecule has 1 rings (SSSR count). The van der Waals surface area contributed by atoms with Crippen molar-refractivity contribution < 1.29 is 9.32 Å². The first-order chi connectivity index (χ1) is 15.6. The van der Waals surface area contributed by atoms with E-state index in [1.54, 1.807) is 0 Å². The average molecular weight is 448 g/mol. The zero-order valence-corrected chi connectivity index (χ0v) is 22.0. The third-order valence-electron chi connectivity index (χ3n) is 7.17. The summed E-state index contributed by atoms with van der Waals surface area (Å²) in [5.74, 6) is 5.73. The van der Waals surface area contributed by atoms with Crippen LogP contribution in [0.2, 0.25) is 0 Å². The van der Waals surface area contributed by atoms with Gasteiger partial charge in [-0.15, -0.1) is 0 Å². The van der Waals surface area contributed by atoms with E-state index in [2.05, 4.69) is 52.0 Å². The molecule has 0 aliphatic heterocycles. The molecule has 0 aliphatic carbocycles. The predicted octanol–water partition coefficient (Wildman–Crippen LogP) is 8.26. The lowest BCUT2D eigenvalue weighted by atomic mass is 10.0. The fourth-order valence-electron chi connectivity index (χ4n) is 5.00. The summed E-state index contributed by atoms with van der Waals surface area (Å²) in [7, 11) is 0. The van der Waals surface area contributed by atoms with Crippen molar-refractivity contribution in [3.8, 4) is 0 Å². The summed E-state index contributed by atoms with van der Waals surface area (Å²) in [5, 5.41) is 0. The van der Waals surface area contributed by atoms with Gasteiger partial charge in [0.05, 0.1) is 26.2 Å². The molecule has 0 saturated heterocycles. The molecule has 186 valence electrons. The van der Waals surface area contributed by atoms with Crippen molar-refractivity contribution in [3.05, 3.63) is 35.4 Å². The van der Waals surface area contributed by atoms with Crippen molar-refractivity contribution in [3.63, 3.8) is 0 Å². The van der Waals surface area contributed by atoms with Crippen LogP contribution in [0, 0.1) is 6.92 Å². The number of aryl methyl sites for hydroxylation is 1. The maximum atomic E-state index is 5.73. The van der Waals surface area contributed by atoms with Crippen LogP contribution >= 0.6 is 0 Å². The van der Waals surface area contributed by atoms with E-state index in [0.29, 0.717) is 0 Å². The Bertz CT molecular complexity index is 511. The topological polar surface area (TPSA) is 35.2 Å². The van der Waals surface area contributed by atoms with E-state index in [-0.39, 0.29) is 6.10 Å². The van der Waals surface area contributed by atoms with Gasteiger partial charge in [0.15, 0.2) is 0 Å². The van der Waals surface area contributed by atoms with Crippen LogP contribution < -0.4 is 5.90 Å². The van der Waals surface area contributed by atoms with Gasteiger partial charge in [-0.3, -0.25) is 4.84 Å². The molecular formula is C29H55N2O+. The Morgan fingerprint density at radius 1 is 0.656 bits per heavy atom. The number of hydrogen-bond donors (Lipinski definition) is 1. The van der Waals surface area contributed by atoms with Crippen LogP contribution in [-0.2, 0) is 4.84 Å². The van der Waals surface area contributed by atoms with Crippen LogP contribution in [-0.4, -0.2) is 30.7 Å². The van der Waals surface area contributed by atoms with Gasteiger partial charge in [0.25, 0.3) is 0 Å². The Labute approximate surface area is 200 Å². The molecule has 1 unspecified atom stereocenters. The first-order valence-electron chi connectivity index (χ1n) is 13.9. The number of benzene rings is 1. The molecule has 0 aromatic heterocycles. The Balaban J connectivity index is 2.78. The standard InChI is InChI=1S/C29H55N2O/c1-5-8-11-14-23-31(24-15-12-9-6-2,25-16-13-10-7-3)26-17-18-29(32-30)28-21-19-27(4)20-22-28/h19-22,29H,5-18,23-26,30H2,1-4H3/q+1. The average Bonchev–Trinajstić information content (AvgIpc) is 2.81. The number of hydrogen-bond acceptors (Lipinski definition) is 2. The van der Waals surface area contributed by atoms with Gasteiger partial charge in [-0.25, -0.2) is 5.90 Å². The molecule has 3 nitrogen and oxygen atoms in total. The number of unbranched alkanes of at least 4 members (excludes halogenated alkanes) is 9. The molecule has 0 heterocycles. The SMILES string of the molecule is CCCCCC[N+](CCCCCC)(CCCCCC)CCCC(ON)c1ccc(C)cc1. The van der Waals surface area contributed by atoms with E-state index in [1.165, 1.54) is 125 Å². The highest BCUT2D eigenvalue weighted by molar-refractivity contribution is 5.23. The number of quaternary nitrogens is 1. The molecule has 0 fully saturated rings. The van der Waals surface area contributed by atoms with E-state index >= 15 is 0 Å². The summed E-state index contributed by atoms with van der Waals surface area (Å²) in [6.07, 6.45) is 18.6. The molecule has 1 aromatic rings. The maximum Gasteiger partial charge on any atom is 0.104 e. The van der Waals surface area contributed by atoms with E-state index in [9.17, 15) is 0 Å². The van der Waals surface area contributed by atoms with Crippen LogP contribution in [0.1, 0.15) is 128 Å². The molecule has 0 spiro atoms. The van der Waals surface area contributed by atoms with E-state index < -0.39 is 0 Å². The lowest BCUT2D eigenvalue weighted by Gasteiger charge is -2.40. The quantitative estimate of drug-likeness (QED) is 0.117. The zero-order chi connectivity index (χ0) is 23.5. The minimum absolute atomic E-state index is 0.0118. The summed E-state index contributed by atoms with van der Waals surface area (Å²) in [4.78, 5) is 5.42. The summed E-state index contributed by atoms with van der Waals surface area (Å²) in [6.45, 7) is 14.4. The molecule has 0 bridgehead atoms. The second-order valence-corrected chi connectivity index (χ2v) is 10.1. The van der Waals surface area contributed by atoms with E-state index in [0.717, 1.165) is 6.42 Å². The molecule has 0 aliphatic rings. The third-order valence-corrected chi connectivity index (χ3v) is 7.17. The van der Waals surface area contributed by atoms with Crippen LogP contribution in [0.15, 0.2) is 24.3 Å². The number of nitrogens with zero attached hydrogens (tertiary/aromatic N) is 1. The highest BCUT2D eigenvalue weighted by atomic mass is 16.6. The molecule has 1 atom stereocenters. The monoisotopic (exact) mass is 447 g/mol. The van der Waals surface area contributed by atoms with Crippen molar-refractivity contribution in [1.29, 1.82) is 0 Å². The van der Waals surface area contributed by atoms with Crippen LogP contribution in [0.5, 0.6) is 0 Å². The fourth-order valence-corrected chi connectivity index (χ4v) is 5.00. The smallest absolute Gasteiger partial charge is 0.104 e. The van der Waals surface area contributed by atoms with Gasteiger partial charge in [-0.05, 0) is 63.9 Å². The predicted molar refractivity (Wildman–Crippen MR) is 141 cm³/mol. The summed E-state index contributed by atoms with van der Waals surface area (Å²) >= 11 is 0. The molecule has 32 heavy (non-hydrogen) atoms. The van der Waals surface area contributed by atoms with Gasteiger partial charge < -0.3 is 4.48 Å². The van der Waals surface area contributed by atoms with Gasteiger partial charge in [0, 0.05) is 0 Å². The minimum atomic E-state index is 0.0118. The van der Waals surface area contributed by atoms with Crippen molar-refractivity contribution in [1.82, 2.24) is 0 Å². The second kappa shape index (κ2) is 18.5. The number of rotatable bonds is 21. The normalized spacial score (nSPS) is 12.9. The minimum Gasteiger partial charge on any atom is -0.324 e. The van der Waals surface area contributed by atoms with Crippen LogP contribution in [0.3, 0.4) is 0 Å². The molecule has 2 N–H and O–H groups in total. The third kappa shape index (κ3) is 12.4. The lowest BCUT2D eigenvalue weighted by molar-refractivity contribution is -0.929. The van der Waals surface area contributed by atoms with Gasteiger partial charge >= 0.3 is 0 Å². The van der Waals surface area contributed by atoms with Crippen LogP contribution in [0.4, 0.5) is 0 Å². The molecule has 0 saturated carbocycles. The first kappa shape index (κ1) is 29.1. The molecule has 3 heteroatoms. The highest BCUT2D eigenvalue weighted by Gasteiger charge is 2.26. The Morgan fingerprint density at radius 2 is 1.09 bits per heavy atom. The lowest BCUT2D eigenvalue weighted by Crippen LogP contribution is -2.51. The van der Waals surface area contributed by atoms with Gasteiger partial charge in [0.1, 0.15) is 6.10 Å². The van der Waals surface area contributed by atoms with Crippen LogP contribution in [0.25, 0.3) is 0 Å². The van der Waals surface area contributed by atoms with Gasteiger partial charge in [0.2, 0.25) is 0 Å². The Kier molecular flexibility index (Phi) is 16.9. The highest BCUT2D eigenvalue weighted by Crippen LogP contribution is 2.24. The summed E-state index contributed by atoms with van der Waals surface area (Å²) < 4.78 is 1.32. The number of nitrogens with two attached hydrogens (primary N) is 1. The van der Waals surface area contributed by atoms with Crippen molar-refractivity contribution in [2.45, 2.75) is 124 Å². The van der Waals surface area contributed by atoms with Crippen molar-refractivity contribution in [2.24, 2.45) is 5.90 Å². The van der Waals surface area contributed by atoms with E-state index in [1.807, 2.05) is 0 Å². The summed E-state index contributed by atoms with van der Waals surface area (Å²) in [5.41, 5.74) is 2.50. The zero-order valence-electron chi connectivity index (χ0n) is 22.0. The Morgan fingerprint density at radius 3 is 1.50 bits per heavy atom. The molecule has 0 radical (unpaired) electrons. The largest absolute Gasteiger partial charge is 0.324 e. The van der Waals surface area contributed by atoms with Gasteiger partial charge in [-0.1, -0.05) is 89.1 Å². The molecule has 0 amide bonds. The van der Waals surface area contributed by atoms with E-state index in [4.69, 9.17) is 10.7 Å². The second-order valence-electron chi connectivity index (χ2n) is 10.1. The Hall–Kier alpha value is -0.900. The van der Waals surface area contributed by atoms with Crippen molar-refractivity contribution >= 4 is 0 Å². The molecule has 1 aromatic carbocycles. The summed E-state index contributed by atoms with van der Waals surface area (Å²) in [6, 6.07) is 8.68. The molecular weight excluding hydrogens is 392 g/mol. The fraction of sp³-hybridized carbons (Fsp3) is 0.793. The first-order valence-corrected chi connectivity index (χ1v) is 13.9. The maximum absolute atomic E-state index is 5.73.